The molecule has 0 aromatic heterocycles. The minimum absolute atomic E-state index is 0.00201. The molecule has 6 nitrogen and oxygen atoms in total. The molecule has 1 aliphatic heterocycles. The van der Waals surface area contributed by atoms with Gasteiger partial charge in [0.1, 0.15) is 0 Å². The number of carbonyl (C=O) groups excluding carboxylic acids is 2. The molecule has 0 spiro atoms. The first-order valence-electron chi connectivity index (χ1n) is 11.7. The zero-order valence-corrected chi connectivity index (χ0v) is 20.6. The molecule has 1 aliphatic rings. The predicted molar refractivity (Wildman–Crippen MR) is 130 cm³/mol. The normalized spacial score (nSPS) is 16.9. The van der Waals surface area contributed by atoms with Gasteiger partial charge in [-0.2, -0.15) is 0 Å². The number of aryl methyl sites for hydroxylation is 2. The summed E-state index contributed by atoms with van der Waals surface area (Å²) in [5.41, 5.74) is 3.77. The van der Waals surface area contributed by atoms with Crippen molar-refractivity contribution in [2.75, 3.05) is 20.2 Å². The minimum atomic E-state index is -0.221. The number of ether oxygens (including phenoxy) is 2. The SMILES string of the molecule is COc1cc(C(C)NC(=O)C2CCCN(C(=O)c3cc(C)cc(C)c3)C2)ccc1OC(C)C. The van der Waals surface area contributed by atoms with Crippen LogP contribution in [0.5, 0.6) is 11.5 Å². The predicted octanol–water partition coefficient (Wildman–Crippen LogP) is 4.83. The van der Waals surface area contributed by atoms with Gasteiger partial charge in [0.05, 0.1) is 25.2 Å². The molecule has 6 heteroatoms. The Morgan fingerprint density at radius 3 is 2.36 bits per heavy atom. The minimum Gasteiger partial charge on any atom is -0.493 e. The van der Waals surface area contributed by atoms with Crippen molar-refractivity contribution in [3.8, 4) is 11.5 Å². The van der Waals surface area contributed by atoms with Gasteiger partial charge < -0.3 is 19.7 Å². The first-order valence-corrected chi connectivity index (χ1v) is 11.7. The molecule has 1 N–H and O–H groups in total. The van der Waals surface area contributed by atoms with Crippen LogP contribution in [0.1, 0.15) is 66.7 Å². The number of nitrogens with one attached hydrogen (secondary N) is 1. The van der Waals surface area contributed by atoms with Crippen molar-refractivity contribution in [1.82, 2.24) is 10.2 Å². The number of carbonyl (C=O) groups is 2. The molecule has 1 heterocycles. The van der Waals surface area contributed by atoms with E-state index < -0.39 is 0 Å². The molecule has 3 rings (SSSR count). The Kier molecular flexibility index (Phi) is 8.01. The second-order valence-electron chi connectivity index (χ2n) is 9.27. The average Bonchev–Trinajstić information content (AvgIpc) is 2.77. The molecular weight excluding hydrogens is 416 g/mol. The van der Waals surface area contributed by atoms with Gasteiger partial charge in [0, 0.05) is 18.7 Å². The van der Waals surface area contributed by atoms with Crippen molar-refractivity contribution >= 4 is 11.8 Å². The number of hydrogen-bond acceptors (Lipinski definition) is 4. The molecule has 1 fully saturated rings. The molecule has 2 aromatic rings. The zero-order valence-electron chi connectivity index (χ0n) is 20.6. The Bertz CT molecular complexity index is 981. The number of benzene rings is 2. The van der Waals surface area contributed by atoms with Gasteiger partial charge in [0.15, 0.2) is 11.5 Å². The van der Waals surface area contributed by atoms with E-state index in [2.05, 4.69) is 11.4 Å². The van der Waals surface area contributed by atoms with Crippen molar-refractivity contribution in [1.29, 1.82) is 0 Å². The monoisotopic (exact) mass is 452 g/mol. The summed E-state index contributed by atoms with van der Waals surface area (Å²) in [5.74, 6) is 1.08. The highest BCUT2D eigenvalue weighted by molar-refractivity contribution is 5.95. The van der Waals surface area contributed by atoms with E-state index in [-0.39, 0.29) is 29.9 Å². The Hall–Kier alpha value is -3.02. The van der Waals surface area contributed by atoms with Crippen LogP contribution in [0.25, 0.3) is 0 Å². The highest BCUT2D eigenvalue weighted by atomic mass is 16.5. The zero-order chi connectivity index (χ0) is 24.1. The maximum absolute atomic E-state index is 13.1. The third-order valence-corrected chi connectivity index (χ3v) is 5.96. The van der Waals surface area contributed by atoms with Gasteiger partial charge >= 0.3 is 0 Å². The smallest absolute Gasteiger partial charge is 0.253 e. The molecule has 1 saturated heterocycles. The summed E-state index contributed by atoms with van der Waals surface area (Å²) in [5, 5.41) is 3.12. The lowest BCUT2D eigenvalue weighted by atomic mass is 9.95. The molecular formula is C27H36N2O4. The largest absolute Gasteiger partial charge is 0.493 e. The maximum atomic E-state index is 13.1. The Morgan fingerprint density at radius 1 is 1.03 bits per heavy atom. The van der Waals surface area contributed by atoms with Crippen LogP contribution in [0.15, 0.2) is 36.4 Å². The summed E-state index contributed by atoms with van der Waals surface area (Å²) in [6.07, 6.45) is 1.64. The van der Waals surface area contributed by atoms with E-state index in [0.29, 0.717) is 30.2 Å². The van der Waals surface area contributed by atoms with Crippen LogP contribution < -0.4 is 14.8 Å². The Balaban J connectivity index is 1.65. The van der Waals surface area contributed by atoms with E-state index in [1.807, 2.05) is 69.9 Å². The number of rotatable bonds is 7. The first-order chi connectivity index (χ1) is 15.7. The lowest BCUT2D eigenvalue weighted by Crippen LogP contribution is -2.45. The summed E-state index contributed by atoms with van der Waals surface area (Å²) in [7, 11) is 1.61. The molecule has 0 bridgehead atoms. The molecule has 0 aliphatic carbocycles. The highest BCUT2D eigenvalue weighted by Gasteiger charge is 2.30. The van der Waals surface area contributed by atoms with Gasteiger partial charge in [-0.25, -0.2) is 0 Å². The van der Waals surface area contributed by atoms with E-state index in [1.165, 1.54) is 0 Å². The molecule has 33 heavy (non-hydrogen) atoms. The maximum Gasteiger partial charge on any atom is 0.253 e. The van der Waals surface area contributed by atoms with Crippen LogP contribution in [0, 0.1) is 19.8 Å². The van der Waals surface area contributed by atoms with Gasteiger partial charge in [0.2, 0.25) is 5.91 Å². The van der Waals surface area contributed by atoms with Gasteiger partial charge in [-0.15, -0.1) is 0 Å². The first kappa shape index (κ1) is 24.6. The van der Waals surface area contributed by atoms with Gasteiger partial charge in [-0.05, 0) is 77.3 Å². The average molecular weight is 453 g/mol. The molecule has 2 atom stereocenters. The van der Waals surface area contributed by atoms with Crippen LogP contribution in [-0.4, -0.2) is 43.0 Å². The number of likely N-dealkylation sites (tertiary alicyclic amines) is 1. The molecule has 2 aromatic carbocycles. The lowest BCUT2D eigenvalue weighted by molar-refractivity contribution is -0.127. The van der Waals surface area contributed by atoms with E-state index in [9.17, 15) is 9.59 Å². The van der Waals surface area contributed by atoms with Crippen molar-refractivity contribution < 1.29 is 19.1 Å². The summed E-state index contributed by atoms with van der Waals surface area (Å²) >= 11 is 0. The Labute approximate surface area is 197 Å². The fraction of sp³-hybridized carbons (Fsp3) is 0.481. The summed E-state index contributed by atoms with van der Waals surface area (Å²) in [4.78, 5) is 27.9. The molecule has 0 radical (unpaired) electrons. The molecule has 2 unspecified atom stereocenters. The number of amides is 2. The van der Waals surface area contributed by atoms with Gasteiger partial charge in [0.25, 0.3) is 5.91 Å². The molecule has 2 amide bonds. The van der Waals surface area contributed by atoms with E-state index >= 15 is 0 Å². The van der Waals surface area contributed by atoms with Crippen LogP contribution in [0.3, 0.4) is 0 Å². The van der Waals surface area contributed by atoms with Crippen molar-refractivity contribution in [3.63, 3.8) is 0 Å². The fourth-order valence-electron chi connectivity index (χ4n) is 4.38. The second-order valence-corrected chi connectivity index (χ2v) is 9.27. The van der Waals surface area contributed by atoms with Crippen LogP contribution in [0.2, 0.25) is 0 Å². The van der Waals surface area contributed by atoms with Crippen molar-refractivity contribution in [2.45, 2.75) is 59.6 Å². The van der Waals surface area contributed by atoms with E-state index in [0.717, 1.165) is 29.5 Å². The molecule has 0 saturated carbocycles. The Morgan fingerprint density at radius 2 is 1.73 bits per heavy atom. The quantitative estimate of drug-likeness (QED) is 0.653. The number of nitrogens with zero attached hydrogens (tertiary/aromatic N) is 1. The van der Waals surface area contributed by atoms with Crippen molar-refractivity contribution in [3.05, 3.63) is 58.7 Å². The van der Waals surface area contributed by atoms with E-state index in [1.54, 1.807) is 7.11 Å². The van der Waals surface area contributed by atoms with Crippen LogP contribution in [0.4, 0.5) is 0 Å². The lowest BCUT2D eigenvalue weighted by Gasteiger charge is -2.33. The number of methoxy groups -OCH3 is 1. The molecule has 178 valence electrons. The third kappa shape index (κ3) is 6.28. The summed E-state index contributed by atoms with van der Waals surface area (Å²) < 4.78 is 11.3. The topological polar surface area (TPSA) is 67.9 Å². The number of hydrogen-bond donors (Lipinski definition) is 1. The van der Waals surface area contributed by atoms with Crippen LogP contribution in [-0.2, 0) is 4.79 Å². The number of piperidine rings is 1. The highest BCUT2D eigenvalue weighted by Crippen LogP contribution is 2.31. The second kappa shape index (κ2) is 10.7. The third-order valence-electron chi connectivity index (χ3n) is 5.96. The fourth-order valence-corrected chi connectivity index (χ4v) is 4.38. The van der Waals surface area contributed by atoms with Gasteiger partial charge in [-0.1, -0.05) is 23.3 Å². The van der Waals surface area contributed by atoms with E-state index in [4.69, 9.17) is 9.47 Å². The summed E-state index contributed by atoms with van der Waals surface area (Å²) in [6, 6.07) is 11.4. The summed E-state index contributed by atoms with van der Waals surface area (Å²) in [6.45, 7) is 11.0. The standard InChI is InChI=1S/C27H36N2O4/c1-17(2)33-24-10-9-21(15-25(24)32-6)20(5)28-26(30)22-8-7-11-29(16-22)27(31)23-13-18(3)12-19(4)14-23/h9-10,12-15,17,20,22H,7-8,11,16H2,1-6H3,(H,28,30). The van der Waals surface area contributed by atoms with Crippen LogP contribution >= 0.6 is 0 Å². The van der Waals surface area contributed by atoms with Crippen molar-refractivity contribution in [2.24, 2.45) is 5.92 Å². The van der Waals surface area contributed by atoms with Gasteiger partial charge in [-0.3, -0.25) is 9.59 Å².